The van der Waals surface area contributed by atoms with Crippen molar-refractivity contribution < 1.29 is 9.53 Å². The standard InChI is InChI=1S/C12H13BrN2O2/c1-12(2,3)17-11(16)15-10-5-8(7-14)4-9(13)6-10/h4-6H,1-3H3,(H,15,16). The van der Waals surface area contributed by atoms with Crippen LogP contribution in [0.5, 0.6) is 0 Å². The number of hydrogen-bond acceptors (Lipinski definition) is 3. The van der Waals surface area contributed by atoms with Crippen molar-refractivity contribution in [1.82, 2.24) is 0 Å². The molecule has 0 bridgehead atoms. The van der Waals surface area contributed by atoms with E-state index in [9.17, 15) is 4.79 Å². The molecule has 1 rings (SSSR count). The summed E-state index contributed by atoms with van der Waals surface area (Å²) in [7, 11) is 0. The number of nitrogens with one attached hydrogen (secondary N) is 1. The van der Waals surface area contributed by atoms with E-state index < -0.39 is 11.7 Å². The first kappa shape index (κ1) is 13.5. The fraction of sp³-hybridized carbons (Fsp3) is 0.333. The smallest absolute Gasteiger partial charge is 0.412 e. The van der Waals surface area contributed by atoms with Gasteiger partial charge in [0.25, 0.3) is 0 Å². The second kappa shape index (κ2) is 5.19. The first-order valence-electron chi connectivity index (χ1n) is 5.01. The SMILES string of the molecule is CC(C)(C)OC(=O)Nc1cc(Br)cc(C#N)c1. The fourth-order valence-electron chi connectivity index (χ4n) is 1.15. The molecule has 1 aromatic rings. The van der Waals surface area contributed by atoms with Crippen molar-refractivity contribution in [2.75, 3.05) is 5.32 Å². The molecule has 0 fully saturated rings. The van der Waals surface area contributed by atoms with Crippen LogP contribution in [0.3, 0.4) is 0 Å². The lowest BCUT2D eigenvalue weighted by atomic mass is 10.2. The lowest BCUT2D eigenvalue weighted by Crippen LogP contribution is -2.27. The number of carbonyl (C=O) groups is 1. The molecule has 4 nitrogen and oxygen atoms in total. The summed E-state index contributed by atoms with van der Waals surface area (Å²) in [5, 5.41) is 11.4. The second-order valence-electron chi connectivity index (χ2n) is 4.47. The Labute approximate surface area is 109 Å². The zero-order chi connectivity index (χ0) is 13.1. The van der Waals surface area contributed by atoms with Crippen LogP contribution in [-0.4, -0.2) is 11.7 Å². The maximum atomic E-state index is 11.5. The topological polar surface area (TPSA) is 62.1 Å². The van der Waals surface area contributed by atoms with E-state index in [1.165, 1.54) is 0 Å². The fourth-order valence-corrected chi connectivity index (χ4v) is 1.64. The summed E-state index contributed by atoms with van der Waals surface area (Å²) >= 11 is 3.26. The average Bonchev–Trinajstić information content (AvgIpc) is 2.13. The Morgan fingerprint density at radius 1 is 1.41 bits per heavy atom. The van der Waals surface area contributed by atoms with Crippen LogP contribution in [0.2, 0.25) is 0 Å². The van der Waals surface area contributed by atoms with Gasteiger partial charge in [0, 0.05) is 10.2 Å². The monoisotopic (exact) mass is 296 g/mol. The van der Waals surface area contributed by atoms with E-state index in [0.29, 0.717) is 11.3 Å². The summed E-state index contributed by atoms with van der Waals surface area (Å²) in [6.45, 7) is 5.36. The quantitative estimate of drug-likeness (QED) is 0.860. The van der Waals surface area contributed by atoms with Gasteiger partial charge in [-0.2, -0.15) is 5.26 Å². The molecule has 0 radical (unpaired) electrons. The maximum absolute atomic E-state index is 11.5. The number of rotatable bonds is 1. The molecule has 1 aromatic carbocycles. The van der Waals surface area contributed by atoms with Crippen molar-refractivity contribution >= 4 is 27.7 Å². The Morgan fingerprint density at radius 3 is 2.59 bits per heavy atom. The molecule has 17 heavy (non-hydrogen) atoms. The molecule has 0 heterocycles. The van der Waals surface area contributed by atoms with E-state index in [2.05, 4.69) is 21.2 Å². The minimum Gasteiger partial charge on any atom is -0.444 e. The Kier molecular flexibility index (Phi) is 4.13. The molecule has 0 saturated carbocycles. The molecule has 0 aliphatic heterocycles. The molecule has 1 N–H and O–H groups in total. The molecule has 0 aliphatic carbocycles. The number of halogens is 1. The largest absolute Gasteiger partial charge is 0.444 e. The van der Waals surface area contributed by atoms with Crippen LogP contribution >= 0.6 is 15.9 Å². The van der Waals surface area contributed by atoms with Crippen LogP contribution in [0.1, 0.15) is 26.3 Å². The Morgan fingerprint density at radius 2 is 2.06 bits per heavy atom. The first-order valence-corrected chi connectivity index (χ1v) is 5.80. The number of amides is 1. The third-order valence-corrected chi connectivity index (χ3v) is 2.13. The van der Waals surface area contributed by atoms with Gasteiger partial charge in [-0.1, -0.05) is 15.9 Å². The van der Waals surface area contributed by atoms with Crippen molar-refractivity contribution in [2.24, 2.45) is 0 Å². The zero-order valence-electron chi connectivity index (χ0n) is 9.87. The number of nitrogens with zero attached hydrogens (tertiary/aromatic N) is 1. The van der Waals surface area contributed by atoms with Crippen molar-refractivity contribution in [1.29, 1.82) is 5.26 Å². The number of nitriles is 1. The van der Waals surface area contributed by atoms with E-state index in [4.69, 9.17) is 10.00 Å². The maximum Gasteiger partial charge on any atom is 0.412 e. The van der Waals surface area contributed by atoms with Gasteiger partial charge in [0.05, 0.1) is 11.6 Å². The van der Waals surface area contributed by atoms with E-state index in [1.54, 1.807) is 39.0 Å². The van der Waals surface area contributed by atoms with Crippen LogP contribution < -0.4 is 5.32 Å². The number of ether oxygens (including phenoxy) is 1. The van der Waals surface area contributed by atoms with Gasteiger partial charge in [-0.05, 0) is 39.0 Å². The molecule has 0 aliphatic rings. The van der Waals surface area contributed by atoms with E-state index >= 15 is 0 Å². The lowest BCUT2D eigenvalue weighted by molar-refractivity contribution is 0.0636. The van der Waals surface area contributed by atoms with Gasteiger partial charge in [0.15, 0.2) is 0 Å². The first-order chi connectivity index (χ1) is 7.80. The number of benzene rings is 1. The molecule has 0 unspecified atom stereocenters. The normalized spacial score (nSPS) is 10.5. The van der Waals surface area contributed by atoms with Crippen LogP contribution in [0.25, 0.3) is 0 Å². The van der Waals surface area contributed by atoms with Gasteiger partial charge in [0.1, 0.15) is 5.60 Å². The zero-order valence-corrected chi connectivity index (χ0v) is 11.5. The van der Waals surface area contributed by atoms with Crippen LogP contribution in [-0.2, 0) is 4.74 Å². The van der Waals surface area contributed by atoms with Gasteiger partial charge >= 0.3 is 6.09 Å². The second-order valence-corrected chi connectivity index (χ2v) is 5.38. The Hall–Kier alpha value is -1.54. The molecule has 0 saturated heterocycles. The lowest BCUT2D eigenvalue weighted by Gasteiger charge is -2.19. The van der Waals surface area contributed by atoms with Gasteiger partial charge < -0.3 is 4.74 Å². The molecule has 0 atom stereocenters. The van der Waals surface area contributed by atoms with E-state index in [0.717, 1.165) is 4.47 Å². The Balaban J connectivity index is 2.79. The summed E-state index contributed by atoms with van der Waals surface area (Å²) in [5.41, 5.74) is 0.435. The van der Waals surface area contributed by atoms with Crippen molar-refractivity contribution in [3.8, 4) is 6.07 Å². The molecule has 1 amide bonds. The minimum atomic E-state index is -0.547. The summed E-state index contributed by atoms with van der Waals surface area (Å²) in [4.78, 5) is 11.5. The number of carbonyl (C=O) groups excluding carboxylic acids is 1. The van der Waals surface area contributed by atoms with Crippen LogP contribution in [0.4, 0.5) is 10.5 Å². The van der Waals surface area contributed by atoms with Crippen molar-refractivity contribution in [3.05, 3.63) is 28.2 Å². The minimum absolute atomic E-state index is 0.463. The predicted octanol–water partition coefficient (Wildman–Crippen LogP) is 3.67. The van der Waals surface area contributed by atoms with Crippen LogP contribution in [0, 0.1) is 11.3 Å². The number of hydrogen-bond donors (Lipinski definition) is 1. The average molecular weight is 297 g/mol. The van der Waals surface area contributed by atoms with Gasteiger partial charge in [-0.15, -0.1) is 0 Å². The molecule has 0 aromatic heterocycles. The third-order valence-electron chi connectivity index (χ3n) is 1.67. The molecule has 90 valence electrons. The van der Waals surface area contributed by atoms with E-state index in [1.807, 2.05) is 6.07 Å². The summed E-state index contributed by atoms with van der Waals surface area (Å²) in [5.74, 6) is 0. The number of anilines is 1. The highest BCUT2D eigenvalue weighted by molar-refractivity contribution is 9.10. The van der Waals surface area contributed by atoms with Gasteiger partial charge in [-0.3, -0.25) is 5.32 Å². The van der Waals surface area contributed by atoms with Crippen molar-refractivity contribution in [2.45, 2.75) is 26.4 Å². The van der Waals surface area contributed by atoms with Crippen molar-refractivity contribution in [3.63, 3.8) is 0 Å². The Bertz CT molecular complexity index is 472. The highest BCUT2D eigenvalue weighted by atomic mass is 79.9. The molecule has 0 spiro atoms. The third kappa shape index (κ3) is 4.87. The summed E-state index contributed by atoms with van der Waals surface area (Å²) in [6, 6.07) is 6.95. The van der Waals surface area contributed by atoms with Gasteiger partial charge in [0.2, 0.25) is 0 Å². The highest BCUT2D eigenvalue weighted by Crippen LogP contribution is 2.20. The van der Waals surface area contributed by atoms with E-state index in [-0.39, 0.29) is 0 Å². The molecular formula is C12H13BrN2O2. The predicted molar refractivity (Wildman–Crippen MR) is 68.7 cm³/mol. The highest BCUT2D eigenvalue weighted by Gasteiger charge is 2.16. The van der Waals surface area contributed by atoms with Gasteiger partial charge in [-0.25, -0.2) is 4.79 Å². The molecule has 5 heteroatoms. The van der Waals surface area contributed by atoms with Crippen LogP contribution in [0.15, 0.2) is 22.7 Å². The molecular weight excluding hydrogens is 284 g/mol. The summed E-state index contributed by atoms with van der Waals surface area (Å²) in [6.07, 6.45) is -0.542. The summed E-state index contributed by atoms with van der Waals surface area (Å²) < 4.78 is 5.83.